The van der Waals surface area contributed by atoms with Crippen LogP contribution in [0.25, 0.3) is 72.1 Å². The predicted molar refractivity (Wildman–Crippen MR) is 195 cm³/mol. The molecule has 6 heteroatoms. The number of pyridine rings is 2. The van der Waals surface area contributed by atoms with Gasteiger partial charge in [0.25, 0.3) is 0 Å². The summed E-state index contributed by atoms with van der Waals surface area (Å²) in [6, 6.07) is 49.3. The molecule has 9 aromatic rings. The Morgan fingerprint density at radius 1 is 0.673 bits per heavy atom. The minimum absolute atomic E-state index is 0. The third kappa shape index (κ3) is 6.06. The van der Waals surface area contributed by atoms with Gasteiger partial charge in [0, 0.05) is 53.9 Å². The maximum Gasteiger partial charge on any atom is 0.128 e. The van der Waals surface area contributed by atoms with Gasteiger partial charge in [-0.25, -0.2) is 0 Å². The van der Waals surface area contributed by atoms with Crippen molar-refractivity contribution in [1.82, 2.24) is 19.5 Å². The van der Waals surface area contributed by atoms with E-state index in [2.05, 4.69) is 103 Å². The van der Waals surface area contributed by atoms with E-state index >= 15 is 0 Å². The minimum atomic E-state index is -0.0726. The van der Waals surface area contributed by atoms with E-state index in [1.807, 2.05) is 72.9 Å². The molecule has 241 valence electrons. The molecule has 9 rings (SSSR count). The summed E-state index contributed by atoms with van der Waals surface area (Å²) in [6.45, 7) is 6.51. The smallest absolute Gasteiger partial charge is 0.128 e. The van der Waals surface area contributed by atoms with Gasteiger partial charge in [-0.1, -0.05) is 98.5 Å². The molecule has 1 radical (unpaired) electrons. The van der Waals surface area contributed by atoms with Crippen molar-refractivity contribution in [3.8, 4) is 28.3 Å². The maximum atomic E-state index is 6.62. The molecule has 49 heavy (non-hydrogen) atoms. The molecule has 4 heterocycles. The minimum Gasteiger partial charge on any atom is -0.500 e. The van der Waals surface area contributed by atoms with Crippen LogP contribution < -0.4 is 0 Å². The second-order valence-electron chi connectivity index (χ2n) is 12.8. The van der Waals surface area contributed by atoms with Crippen molar-refractivity contribution in [2.45, 2.75) is 26.2 Å². The number of nitrogens with zero attached hydrogens (tertiary/aromatic N) is 4. The van der Waals surface area contributed by atoms with Gasteiger partial charge in [0.05, 0.1) is 28.6 Å². The number of furan rings is 1. The Bertz CT molecular complexity index is 2500. The quantitative estimate of drug-likeness (QED) is 0.167. The number of aromatic nitrogens is 4. The van der Waals surface area contributed by atoms with Gasteiger partial charge >= 0.3 is 0 Å². The molecular formula is C43H32IrN4O-2. The van der Waals surface area contributed by atoms with Crippen molar-refractivity contribution < 1.29 is 24.5 Å². The third-order valence-electron chi connectivity index (χ3n) is 8.52. The first-order valence-electron chi connectivity index (χ1n) is 16.0. The number of imidazole rings is 1. The van der Waals surface area contributed by atoms with E-state index in [0.717, 1.165) is 77.8 Å². The largest absolute Gasteiger partial charge is 0.500 e. The van der Waals surface area contributed by atoms with Gasteiger partial charge in [-0.05, 0) is 35.3 Å². The molecule has 0 aliphatic carbocycles. The molecule has 0 unspecified atom stereocenters. The first-order valence-corrected chi connectivity index (χ1v) is 16.0. The van der Waals surface area contributed by atoms with Gasteiger partial charge < -0.3 is 14.0 Å². The topological polar surface area (TPSA) is 56.7 Å². The summed E-state index contributed by atoms with van der Waals surface area (Å²) in [5, 5.41) is 4.42. The van der Waals surface area contributed by atoms with Crippen LogP contribution in [-0.4, -0.2) is 19.5 Å². The monoisotopic (exact) mass is 813 g/mol. The van der Waals surface area contributed by atoms with Crippen LogP contribution in [-0.2, 0) is 25.5 Å². The van der Waals surface area contributed by atoms with Gasteiger partial charge in [0.2, 0.25) is 0 Å². The van der Waals surface area contributed by atoms with E-state index in [1.165, 1.54) is 0 Å². The van der Waals surface area contributed by atoms with Gasteiger partial charge in [0.15, 0.2) is 0 Å². The van der Waals surface area contributed by atoms with Gasteiger partial charge in [-0.2, -0.15) is 0 Å². The molecule has 0 atom stereocenters. The van der Waals surface area contributed by atoms with Crippen LogP contribution in [0.3, 0.4) is 0 Å². The molecule has 0 spiro atoms. The van der Waals surface area contributed by atoms with Crippen molar-refractivity contribution in [1.29, 1.82) is 0 Å². The standard InChI is InChI=1S/C32H24N3O.C11H8N.Ir/c1-32(2,3)28-18-26-27(19-33-28)35(21-11-5-4-6-12-21)31(34-26)25-15-9-14-23-24-17-16-20-10-7-8-13-22(20)29(24)36-30(23)25;1-2-6-10(7-3-1)11-8-4-5-9-12-11;/h4-14,16-19H,1-3H3;1-6,8-9H;/q2*-1;. The number of hydrogen-bond acceptors (Lipinski definition) is 4. The molecule has 4 aromatic heterocycles. The molecular weight excluding hydrogens is 781 g/mol. The van der Waals surface area contributed by atoms with Crippen LogP contribution >= 0.6 is 0 Å². The Morgan fingerprint density at radius 3 is 2.22 bits per heavy atom. The normalized spacial score (nSPS) is 11.4. The maximum absolute atomic E-state index is 6.62. The molecule has 5 nitrogen and oxygen atoms in total. The average Bonchev–Trinajstić information content (AvgIpc) is 3.71. The molecule has 0 saturated carbocycles. The fraction of sp³-hybridized carbons (Fsp3) is 0.0930. The second kappa shape index (κ2) is 13.2. The summed E-state index contributed by atoms with van der Waals surface area (Å²) >= 11 is 0. The first-order chi connectivity index (χ1) is 23.5. The van der Waals surface area contributed by atoms with Crippen molar-refractivity contribution in [3.05, 3.63) is 158 Å². The van der Waals surface area contributed by atoms with E-state index in [4.69, 9.17) is 14.4 Å². The van der Waals surface area contributed by atoms with E-state index in [-0.39, 0.29) is 25.5 Å². The molecule has 0 N–H and O–H groups in total. The Kier molecular flexibility index (Phi) is 8.68. The molecule has 0 aliphatic heterocycles. The number of para-hydroxylation sites is 1. The van der Waals surface area contributed by atoms with Crippen LogP contribution in [0.2, 0.25) is 0 Å². The van der Waals surface area contributed by atoms with Crippen LogP contribution in [0.15, 0.2) is 144 Å². The van der Waals surface area contributed by atoms with Crippen molar-refractivity contribution >= 4 is 43.7 Å². The van der Waals surface area contributed by atoms with E-state index in [9.17, 15) is 0 Å². The van der Waals surface area contributed by atoms with Crippen LogP contribution in [0, 0.1) is 12.1 Å². The molecule has 0 saturated heterocycles. The van der Waals surface area contributed by atoms with Crippen LogP contribution in [0.4, 0.5) is 0 Å². The Hall–Kier alpha value is -5.42. The first kappa shape index (κ1) is 32.1. The number of benzene rings is 5. The summed E-state index contributed by atoms with van der Waals surface area (Å²) in [7, 11) is 0. The third-order valence-corrected chi connectivity index (χ3v) is 8.52. The zero-order valence-corrected chi connectivity index (χ0v) is 29.7. The number of rotatable bonds is 3. The fourth-order valence-electron chi connectivity index (χ4n) is 6.10. The van der Waals surface area contributed by atoms with E-state index < -0.39 is 0 Å². The van der Waals surface area contributed by atoms with E-state index in [1.54, 1.807) is 6.20 Å². The summed E-state index contributed by atoms with van der Waals surface area (Å²) in [5.74, 6) is 0.790. The summed E-state index contributed by atoms with van der Waals surface area (Å²) in [4.78, 5) is 14.2. The van der Waals surface area contributed by atoms with Crippen molar-refractivity contribution in [2.75, 3.05) is 0 Å². The summed E-state index contributed by atoms with van der Waals surface area (Å²) < 4.78 is 8.77. The summed E-state index contributed by atoms with van der Waals surface area (Å²) in [5.41, 5.74) is 8.35. The Morgan fingerprint density at radius 2 is 1.45 bits per heavy atom. The molecule has 0 bridgehead atoms. The summed E-state index contributed by atoms with van der Waals surface area (Å²) in [6.07, 6.45) is 3.72. The molecule has 0 aliphatic rings. The van der Waals surface area contributed by atoms with Gasteiger partial charge in [-0.15, -0.1) is 54.1 Å². The zero-order valence-electron chi connectivity index (χ0n) is 27.3. The molecule has 5 aromatic carbocycles. The zero-order chi connectivity index (χ0) is 32.7. The van der Waals surface area contributed by atoms with Crippen molar-refractivity contribution in [3.63, 3.8) is 0 Å². The molecule has 0 amide bonds. The second-order valence-corrected chi connectivity index (χ2v) is 12.8. The number of fused-ring (bicyclic) bond motifs is 6. The molecule has 0 fully saturated rings. The van der Waals surface area contributed by atoms with Crippen molar-refractivity contribution in [2.24, 2.45) is 0 Å². The fourth-order valence-corrected chi connectivity index (χ4v) is 6.10. The Balaban J connectivity index is 0.000000246. The SMILES string of the molecule is CC(C)(C)c1cc2nc(-c3[c-]ccc4c3oc3c5ccccc5ccc43)n(-c3ccccc3)c2cn1.[Ir].[c-]1ccccc1-c1ccccn1. The Labute approximate surface area is 298 Å². The van der Waals surface area contributed by atoms with Crippen LogP contribution in [0.1, 0.15) is 26.5 Å². The van der Waals surface area contributed by atoms with Crippen LogP contribution in [0.5, 0.6) is 0 Å². The predicted octanol–water partition coefficient (Wildman–Crippen LogP) is 10.8. The van der Waals surface area contributed by atoms with Gasteiger partial charge in [-0.3, -0.25) is 9.97 Å². The van der Waals surface area contributed by atoms with E-state index in [0.29, 0.717) is 0 Å². The number of hydrogen-bond donors (Lipinski definition) is 0. The average molecular weight is 813 g/mol. The van der Waals surface area contributed by atoms with Gasteiger partial charge in [0.1, 0.15) is 5.58 Å².